The third-order valence-corrected chi connectivity index (χ3v) is 4.10. The summed E-state index contributed by atoms with van der Waals surface area (Å²) in [6, 6.07) is 14.0. The van der Waals surface area contributed by atoms with Crippen molar-refractivity contribution >= 4 is 0 Å². The number of methoxy groups -OCH3 is 1. The first kappa shape index (κ1) is 12.2. The third kappa shape index (κ3) is 1.83. The lowest BCUT2D eigenvalue weighted by Gasteiger charge is -2.26. The first-order chi connectivity index (χ1) is 9.15. The molecule has 0 saturated heterocycles. The van der Waals surface area contributed by atoms with Gasteiger partial charge >= 0.3 is 0 Å². The molecule has 1 aliphatic carbocycles. The monoisotopic (exact) mass is 254 g/mol. The molecule has 1 unspecified atom stereocenters. The lowest BCUT2D eigenvalue weighted by atomic mass is 9.85. The molecule has 1 atom stereocenters. The summed E-state index contributed by atoms with van der Waals surface area (Å²) in [5.74, 6) is 0.830. The lowest BCUT2D eigenvalue weighted by molar-refractivity contribution is 0.0822. The second-order valence-corrected chi connectivity index (χ2v) is 5.20. The van der Waals surface area contributed by atoms with Gasteiger partial charge in [0.15, 0.2) is 0 Å². The molecule has 2 nitrogen and oxygen atoms in total. The van der Waals surface area contributed by atoms with E-state index in [-0.39, 0.29) is 0 Å². The molecule has 98 valence electrons. The van der Waals surface area contributed by atoms with Gasteiger partial charge in [-0.15, -0.1) is 0 Å². The molecule has 0 saturated carbocycles. The largest absolute Gasteiger partial charge is 0.497 e. The van der Waals surface area contributed by atoms with Crippen LogP contribution < -0.4 is 4.74 Å². The molecule has 0 aliphatic heterocycles. The van der Waals surface area contributed by atoms with Crippen molar-refractivity contribution < 1.29 is 9.84 Å². The average Bonchev–Trinajstić information content (AvgIpc) is 2.78. The normalized spacial score (nSPS) is 21.2. The fourth-order valence-corrected chi connectivity index (χ4v) is 3.10. The van der Waals surface area contributed by atoms with Gasteiger partial charge in [-0.05, 0) is 54.2 Å². The molecular weight excluding hydrogens is 236 g/mol. The highest BCUT2D eigenvalue weighted by Crippen LogP contribution is 2.43. The van der Waals surface area contributed by atoms with Crippen LogP contribution in [0.4, 0.5) is 0 Å². The molecule has 0 heterocycles. The Bertz CT molecular complexity index is 618. The summed E-state index contributed by atoms with van der Waals surface area (Å²) in [5, 5.41) is 11.1. The fraction of sp³-hybridized carbons (Fsp3) is 0.294. The van der Waals surface area contributed by atoms with Crippen molar-refractivity contribution in [1.82, 2.24) is 0 Å². The summed E-state index contributed by atoms with van der Waals surface area (Å²) < 4.78 is 5.23. The fourth-order valence-electron chi connectivity index (χ4n) is 3.10. The van der Waals surface area contributed by atoms with Crippen LogP contribution in [0.15, 0.2) is 42.5 Å². The van der Waals surface area contributed by atoms with Gasteiger partial charge in [-0.3, -0.25) is 0 Å². The highest BCUT2D eigenvalue weighted by molar-refractivity contribution is 5.49. The maximum absolute atomic E-state index is 11.1. The van der Waals surface area contributed by atoms with Gasteiger partial charge in [-0.2, -0.15) is 0 Å². The van der Waals surface area contributed by atoms with E-state index in [1.807, 2.05) is 43.3 Å². The Kier molecular flexibility index (Phi) is 2.83. The van der Waals surface area contributed by atoms with Crippen molar-refractivity contribution in [2.45, 2.75) is 25.4 Å². The Labute approximate surface area is 113 Å². The van der Waals surface area contributed by atoms with Crippen molar-refractivity contribution in [3.8, 4) is 5.75 Å². The molecule has 0 spiro atoms. The number of hydrogen-bond donors (Lipinski definition) is 1. The zero-order valence-electron chi connectivity index (χ0n) is 11.3. The maximum Gasteiger partial charge on any atom is 0.119 e. The minimum atomic E-state index is -0.854. The molecule has 3 rings (SSSR count). The van der Waals surface area contributed by atoms with E-state index >= 15 is 0 Å². The standard InChI is InChI=1S/C17H18O2/c1-12-11-14(19-2)7-8-15(12)17(18)10-9-13-5-3-4-6-16(13)17/h3-8,11,18H,9-10H2,1-2H3. The van der Waals surface area contributed by atoms with Crippen LogP contribution in [0.1, 0.15) is 28.7 Å². The molecule has 0 bridgehead atoms. The summed E-state index contributed by atoms with van der Waals surface area (Å²) in [7, 11) is 1.66. The molecular formula is C17H18O2. The van der Waals surface area contributed by atoms with Crippen LogP contribution in [0.3, 0.4) is 0 Å². The number of fused-ring (bicyclic) bond motifs is 1. The molecule has 2 aromatic rings. The predicted molar refractivity (Wildman–Crippen MR) is 75.5 cm³/mol. The molecule has 1 aliphatic rings. The molecule has 2 heteroatoms. The predicted octanol–water partition coefficient (Wildman–Crippen LogP) is 3.19. The van der Waals surface area contributed by atoms with Crippen LogP contribution >= 0.6 is 0 Å². The molecule has 0 fully saturated rings. The summed E-state index contributed by atoms with van der Waals surface area (Å²) in [6.07, 6.45) is 1.68. The van der Waals surface area contributed by atoms with E-state index in [1.54, 1.807) is 7.11 Å². The van der Waals surface area contributed by atoms with E-state index in [2.05, 4.69) is 6.07 Å². The van der Waals surface area contributed by atoms with Gasteiger partial charge in [0.1, 0.15) is 11.4 Å². The van der Waals surface area contributed by atoms with Gasteiger partial charge in [-0.1, -0.05) is 30.3 Å². The van der Waals surface area contributed by atoms with E-state index in [1.165, 1.54) is 5.56 Å². The van der Waals surface area contributed by atoms with Crippen LogP contribution in [0.2, 0.25) is 0 Å². The Balaban J connectivity index is 2.12. The van der Waals surface area contributed by atoms with Gasteiger partial charge in [0, 0.05) is 0 Å². The zero-order chi connectivity index (χ0) is 13.5. The molecule has 19 heavy (non-hydrogen) atoms. The lowest BCUT2D eigenvalue weighted by Crippen LogP contribution is -2.25. The summed E-state index contributed by atoms with van der Waals surface area (Å²) in [6.45, 7) is 2.02. The van der Waals surface area contributed by atoms with Gasteiger partial charge in [0.05, 0.1) is 7.11 Å². The van der Waals surface area contributed by atoms with Crippen LogP contribution in [0.5, 0.6) is 5.75 Å². The number of rotatable bonds is 2. The zero-order valence-corrected chi connectivity index (χ0v) is 11.3. The topological polar surface area (TPSA) is 29.5 Å². The maximum atomic E-state index is 11.1. The van der Waals surface area contributed by atoms with Crippen molar-refractivity contribution in [3.63, 3.8) is 0 Å². The van der Waals surface area contributed by atoms with Crippen molar-refractivity contribution in [1.29, 1.82) is 0 Å². The number of hydrogen-bond acceptors (Lipinski definition) is 2. The summed E-state index contributed by atoms with van der Waals surface area (Å²) in [4.78, 5) is 0. The highest BCUT2D eigenvalue weighted by atomic mass is 16.5. The molecule has 1 N–H and O–H groups in total. The van der Waals surface area contributed by atoms with Crippen LogP contribution in [-0.2, 0) is 12.0 Å². The van der Waals surface area contributed by atoms with Crippen LogP contribution in [0.25, 0.3) is 0 Å². The second-order valence-electron chi connectivity index (χ2n) is 5.20. The first-order valence-corrected chi connectivity index (χ1v) is 6.61. The van der Waals surface area contributed by atoms with Gasteiger partial charge in [-0.25, -0.2) is 0 Å². The van der Waals surface area contributed by atoms with Gasteiger partial charge in [0.25, 0.3) is 0 Å². The van der Waals surface area contributed by atoms with Crippen molar-refractivity contribution in [2.24, 2.45) is 0 Å². The van der Waals surface area contributed by atoms with Crippen molar-refractivity contribution in [2.75, 3.05) is 7.11 Å². The minimum absolute atomic E-state index is 0.750. The quantitative estimate of drug-likeness (QED) is 0.892. The molecule has 0 aromatic heterocycles. The van der Waals surface area contributed by atoms with Crippen molar-refractivity contribution in [3.05, 3.63) is 64.7 Å². The average molecular weight is 254 g/mol. The number of ether oxygens (including phenoxy) is 1. The Hall–Kier alpha value is -1.80. The number of aryl methyl sites for hydroxylation is 2. The SMILES string of the molecule is COc1ccc(C2(O)CCc3ccccc32)c(C)c1. The van der Waals surface area contributed by atoms with Crippen LogP contribution in [0, 0.1) is 6.92 Å². The van der Waals surface area contributed by atoms with E-state index < -0.39 is 5.60 Å². The van der Waals surface area contributed by atoms with E-state index in [0.29, 0.717) is 0 Å². The molecule has 2 aromatic carbocycles. The summed E-state index contributed by atoms with van der Waals surface area (Å²) >= 11 is 0. The number of benzene rings is 2. The number of aliphatic hydroxyl groups is 1. The Morgan fingerprint density at radius 2 is 1.89 bits per heavy atom. The summed E-state index contributed by atoms with van der Waals surface area (Å²) in [5.41, 5.74) is 3.49. The van der Waals surface area contributed by atoms with E-state index in [0.717, 1.165) is 35.3 Å². The van der Waals surface area contributed by atoms with Gasteiger partial charge < -0.3 is 9.84 Å². The Morgan fingerprint density at radius 1 is 1.11 bits per heavy atom. The highest BCUT2D eigenvalue weighted by Gasteiger charge is 2.38. The van der Waals surface area contributed by atoms with E-state index in [9.17, 15) is 5.11 Å². The third-order valence-electron chi connectivity index (χ3n) is 4.10. The second kappa shape index (κ2) is 4.39. The minimum Gasteiger partial charge on any atom is -0.497 e. The van der Waals surface area contributed by atoms with E-state index in [4.69, 9.17) is 4.74 Å². The smallest absolute Gasteiger partial charge is 0.119 e. The Morgan fingerprint density at radius 3 is 2.63 bits per heavy atom. The molecule has 0 radical (unpaired) electrons. The van der Waals surface area contributed by atoms with Gasteiger partial charge in [0.2, 0.25) is 0 Å². The molecule has 0 amide bonds. The first-order valence-electron chi connectivity index (χ1n) is 6.61. The van der Waals surface area contributed by atoms with Crippen LogP contribution in [-0.4, -0.2) is 12.2 Å².